The Balaban J connectivity index is 2.44. The molecule has 1 rings (SSSR count). The van der Waals surface area contributed by atoms with Gasteiger partial charge in [0.2, 0.25) is 0 Å². The Bertz CT molecular complexity index is 413. The molecule has 0 aliphatic carbocycles. The Morgan fingerprint density at radius 1 is 1.09 bits per heavy atom. The maximum absolute atomic E-state index is 12.1. The molecule has 0 spiro atoms. The van der Waals surface area contributed by atoms with Gasteiger partial charge in [-0.25, -0.2) is 0 Å². The first kappa shape index (κ1) is 18.7. The summed E-state index contributed by atoms with van der Waals surface area (Å²) in [6.07, 6.45) is 4.94. The van der Waals surface area contributed by atoms with Gasteiger partial charge < -0.3 is 4.74 Å². The van der Waals surface area contributed by atoms with Crippen molar-refractivity contribution >= 4 is 5.97 Å². The molecule has 0 amide bonds. The van der Waals surface area contributed by atoms with E-state index in [9.17, 15) is 4.79 Å². The monoisotopic (exact) mass is 304 g/mol. The Morgan fingerprint density at radius 2 is 1.77 bits per heavy atom. The van der Waals surface area contributed by atoms with Crippen molar-refractivity contribution < 1.29 is 9.53 Å². The molecule has 0 aromatic heterocycles. The summed E-state index contributed by atoms with van der Waals surface area (Å²) >= 11 is 0. The van der Waals surface area contributed by atoms with Crippen molar-refractivity contribution in [2.24, 2.45) is 11.8 Å². The number of carbonyl (C=O) groups is 1. The van der Waals surface area contributed by atoms with E-state index in [1.807, 2.05) is 0 Å². The third-order valence-corrected chi connectivity index (χ3v) is 4.38. The van der Waals surface area contributed by atoms with Gasteiger partial charge in [0.25, 0.3) is 0 Å². The molecule has 2 nitrogen and oxygen atoms in total. The number of benzene rings is 1. The standard InChI is InChI=1S/C20H32O2/c1-5-7-13-22-20(21)18(6-2)15-16(3)14-17(4)19-11-9-8-10-12-19/h8-12,16-18H,5-7,13-15H2,1-4H3. The molecule has 0 N–H and O–H groups in total. The van der Waals surface area contributed by atoms with Crippen LogP contribution in [0.15, 0.2) is 30.3 Å². The van der Waals surface area contributed by atoms with Crippen LogP contribution in [0.2, 0.25) is 0 Å². The topological polar surface area (TPSA) is 26.3 Å². The highest BCUT2D eigenvalue weighted by molar-refractivity contribution is 5.72. The molecule has 0 saturated heterocycles. The van der Waals surface area contributed by atoms with Gasteiger partial charge in [-0.1, -0.05) is 64.4 Å². The Morgan fingerprint density at radius 3 is 2.36 bits per heavy atom. The Labute approximate surface area is 136 Å². The zero-order valence-corrected chi connectivity index (χ0v) is 14.7. The number of hydrogen-bond donors (Lipinski definition) is 0. The maximum atomic E-state index is 12.1. The fourth-order valence-corrected chi connectivity index (χ4v) is 2.97. The van der Waals surface area contributed by atoms with Crippen LogP contribution < -0.4 is 0 Å². The van der Waals surface area contributed by atoms with Crippen molar-refractivity contribution in [2.75, 3.05) is 6.61 Å². The van der Waals surface area contributed by atoms with Gasteiger partial charge in [0.1, 0.15) is 0 Å². The van der Waals surface area contributed by atoms with Crippen LogP contribution in [-0.2, 0) is 9.53 Å². The van der Waals surface area contributed by atoms with E-state index in [0.29, 0.717) is 18.4 Å². The summed E-state index contributed by atoms with van der Waals surface area (Å²) in [5.41, 5.74) is 1.38. The fraction of sp³-hybridized carbons (Fsp3) is 0.650. The predicted molar refractivity (Wildman–Crippen MR) is 92.9 cm³/mol. The maximum Gasteiger partial charge on any atom is 0.308 e. The molecule has 0 aliphatic heterocycles. The van der Waals surface area contributed by atoms with Gasteiger partial charge in [0.15, 0.2) is 0 Å². The van der Waals surface area contributed by atoms with Crippen LogP contribution in [-0.4, -0.2) is 12.6 Å². The minimum absolute atomic E-state index is 0.00448. The first-order valence-electron chi connectivity index (χ1n) is 8.80. The van der Waals surface area contributed by atoms with Gasteiger partial charge in [-0.3, -0.25) is 4.79 Å². The first-order valence-corrected chi connectivity index (χ1v) is 8.80. The van der Waals surface area contributed by atoms with Crippen LogP contribution >= 0.6 is 0 Å². The van der Waals surface area contributed by atoms with E-state index in [2.05, 4.69) is 58.0 Å². The van der Waals surface area contributed by atoms with Gasteiger partial charge in [0.05, 0.1) is 12.5 Å². The van der Waals surface area contributed by atoms with Crippen molar-refractivity contribution in [3.8, 4) is 0 Å². The normalized spacial score (nSPS) is 15.1. The van der Waals surface area contributed by atoms with E-state index in [-0.39, 0.29) is 11.9 Å². The van der Waals surface area contributed by atoms with Gasteiger partial charge in [-0.2, -0.15) is 0 Å². The summed E-state index contributed by atoms with van der Waals surface area (Å²) < 4.78 is 5.39. The zero-order valence-electron chi connectivity index (χ0n) is 14.7. The van der Waals surface area contributed by atoms with E-state index in [1.165, 1.54) is 5.56 Å². The molecule has 3 unspecified atom stereocenters. The molecule has 0 fully saturated rings. The summed E-state index contributed by atoms with van der Waals surface area (Å²) in [7, 11) is 0. The lowest BCUT2D eigenvalue weighted by molar-refractivity contribution is -0.149. The second-order valence-electron chi connectivity index (χ2n) is 6.51. The number of esters is 1. The molecule has 2 heteroatoms. The van der Waals surface area contributed by atoms with Crippen LogP contribution in [0.3, 0.4) is 0 Å². The van der Waals surface area contributed by atoms with Crippen molar-refractivity contribution in [1.29, 1.82) is 0 Å². The smallest absolute Gasteiger partial charge is 0.308 e. The fourth-order valence-electron chi connectivity index (χ4n) is 2.97. The summed E-state index contributed by atoms with van der Waals surface area (Å²) in [4.78, 5) is 12.1. The highest BCUT2D eigenvalue weighted by Crippen LogP contribution is 2.28. The molecule has 1 aromatic rings. The van der Waals surface area contributed by atoms with Crippen LogP contribution in [0.4, 0.5) is 0 Å². The van der Waals surface area contributed by atoms with Crippen molar-refractivity contribution in [1.82, 2.24) is 0 Å². The molecule has 124 valence electrons. The lowest BCUT2D eigenvalue weighted by Crippen LogP contribution is -2.20. The van der Waals surface area contributed by atoms with Gasteiger partial charge >= 0.3 is 5.97 Å². The molecule has 22 heavy (non-hydrogen) atoms. The molecule has 0 bridgehead atoms. The van der Waals surface area contributed by atoms with E-state index >= 15 is 0 Å². The van der Waals surface area contributed by atoms with Crippen LogP contribution in [0.1, 0.15) is 71.3 Å². The third kappa shape index (κ3) is 6.64. The molecule has 0 saturated carbocycles. The SMILES string of the molecule is CCCCOC(=O)C(CC)CC(C)CC(C)c1ccccc1. The molecule has 0 aliphatic rings. The van der Waals surface area contributed by atoms with E-state index < -0.39 is 0 Å². The number of carbonyl (C=O) groups excluding carboxylic acids is 1. The minimum atomic E-state index is -0.00448. The second-order valence-corrected chi connectivity index (χ2v) is 6.51. The highest BCUT2D eigenvalue weighted by Gasteiger charge is 2.22. The highest BCUT2D eigenvalue weighted by atomic mass is 16.5. The third-order valence-electron chi connectivity index (χ3n) is 4.38. The van der Waals surface area contributed by atoms with Crippen LogP contribution in [0, 0.1) is 11.8 Å². The van der Waals surface area contributed by atoms with Crippen LogP contribution in [0.25, 0.3) is 0 Å². The summed E-state index contributed by atoms with van der Waals surface area (Å²) in [5, 5.41) is 0. The summed E-state index contributed by atoms with van der Waals surface area (Å²) in [6.45, 7) is 9.28. The average molecular weight is 304 g/mol. The lowest BCUT2D eigenvalue weighted by atomic mass is 9.85. The molecular weight excluding hydrogens is 272 g/mol. The molecule has 1 aromatic carbocycles. The largest absolute Gasteiger partial charge is 0.465 e. The number of hydrogen-bond acceptors (Lipinski definition) is 2. The van der Waals surface area contributed by atoms with Crippen LogP contribution in [0.5, 0.6) is 0 Å². The predicted octanol–water partition coefficient (Wildman–Crippen LogP) is 5.58. The number of ether oxygens (including phenoxy) is 1. The molecule has 3 atom stereocenters. The number of unbranched alkanes of at least 4 members (excludes halogenated alkanes) is 1. The summed E-state index contributed by atoms with van der Waals surface area (Å²) in [5.74, 6) is 1.11. The molecule has 0 heterocycles. The molecule has 0 radical (unpaired) electrons. The van der Waals surface area contributed by atoms with Gasteiger partial charge in [-0.15, -0.1) is 0 Å². The first-order chi connectivity index (χ1) is 10.6. The lowest BCUT2D eigenvalue weighted by Gasteiger charge is -2.21. The average Bonchev–Trinajstić information content (AvgIpc) is 2.53. The van der Waals surface area contributed by atoms with E-state index in [1.54, 1.807) is 0 Å². The van der Waals surface area contributed by atoms with E-state index in [4.69, 9.17) is 4.74 Å². The Kier molecular flexibility index (Phi) is 8.88. The zero-order chi connectivity index (χ0) is 16.4. The van der Waals surface area contributed by atoms with Gasteiger partial charge in [0, 0.05) is 0 Å². The molecular formula is C20H32O2. The quantitative estimate of drug-likeness (QED) is 0.417. The second kappa shape index (κ2) is 10.4. The van der Waals surface area contributed by atoms with Crippen molar-refractivity contribution in [3.05, 3.63) is 35.9 Å². The minimum Gasteiger partial charge on any atom is -0.465 e. The number of rotatable bonds is 10. The van der Waals surface area contributed by atoms with E-state index in [0.717, 1.165) is 32.1 Å². The Hall–Kier alpha value is -1.31. The summed E-state index contributed by atoms with van der Waals surface area (Å²) in [6, 6.07) is 10.6. The van der Waals surface area contributed by atoms with Gasteiger partial charge in [-0.05, 0) is 43.1 Å². The van der Waals surface area contributed by atoms with Crippen molar-refractivity contribution in [2.45, 2.75) is 65.7 Å². The van der Waals surface area contributed by atoms with Crippen molar-refractivity contribution in [3.63, 3.8) is 0 Å².